The molecule has 166 valence electrons. The van der Waals surface area contributed by atoms with Crippen LogP contribution in [0.25, 0.3) is 0 Å². The van der Waals surface area contributed by atoms with Crippen molar-refractivity contribution in [3.05, 3.63) is 90.0 Å². The van der Waals surface area contributed by atoms with Gasteiger partial charge in [0.15, 0.2) is 0 Å². The predicted octanol–water partition coefficient (Wildman–Crippen LogP) is 4.25. The number of hydrogen-bond acceptors (Lipinski definition) is 5. The molecule has 32 heavy (non-hydrogen) atoms. The van der Waals surface area contributed by atoms with Gasteiger partial charge in [0.05, 0.1) is 23.8 Å². The van der Waals surface area contributed by atoms with E-state index in [0.717, 1.165) is 10.6 Å². The molecular formula is C24H24N2O4S2. The van der Waals surface area contributed by atoms with Crippen LogP contribution in [0, 0.1) is 0 Å². The third-order valence-electron chi connectivity index (χ3n) is 5.08. The summed E-state index contributed by atoms with van der Waals surface area (Å²) in [5, 5.41) is 2.93. The van der Waals surface area contributed by atoms with Crippen molar-refractivity contribution < 1.29 is 17.9 Å². The quantitative estimate of drug-likeness (QED) is 0.525. The zero-order valence-electron chi connectivity index (χ0n) is 17.4. The maximum atomic E-state index is 12.9. The van der Waals surface area contributed by atoms with Crippen molar-refractivity contribution in [2.24, 2.45) is 0 Å². The van der Waals surface area contributed by atoms with Crippen LogP contribution in [0.2, 0.25) is 0 Å². The minimum Gasteiger partial charge on any atom is -0.379 e. The summed E-state index contributed by atoms with van der Waals surface area (Å²) in [7, 11) is -3.67. The van der Waals surface area contributed by atoms with Gasteiger partial charge in [-0.3, -0.25) is 4.79 Å². The lowest BCUT2D eigenvalue weighted by Crippen LogP contribution is -2.40. The molecule has 0 unspecified atom stereocenters. The van der Waals surface area contributed by atoms with Crippen molar-refractivity contribution in [1.29, 1.82) is 0 Å². The molecule has 1 saturated heterocycles. The Kier molecular flexibility index (Phi) is 7.26. The second-order valence-corrected chi connectivity index (χ2v) is 10.2. The van der Waals surface area contributed by atoms with Gasteiger partial charge in [-0.25, -0.2) is 8.42 Å². The first-order valence-electron chi connectivity index (χ1n) is 10.3. The first-order chi connectivity index (χ1) is 15.5. The number of carbonyl (C=O) groups excluding carboxylic acids is 1. The molecule has 1 aliphatic rings. The topological polar surface area (TPSA) is 75.7 Å². The highest BCUT2D eigenvalue weighted by molar-refractivity contribution is 7.98. The van der Waals surface area contributed by atoms with Crippen molar-refractivity contribution in [3.8, 4) is 0 Å². The van der Waals surface area contributed by atoms with Gasteiger partial charge in [0.25, 0.3) is 5.91 Å². The molecule has 1 amide bonds. The largest absolute Gasteiger partial charge is 0.379 e. The Hall–Kier alpha value is -2.65. The molecule has 3 aromatic rings. The van der Waals surface area contributed by atoms with Gasteiger partial charge in [-0.2, -0.15) is 4.31 Å². The average molecular weight is 469 g/mol. The number of para-hydroxylation sites is 1. The molecule has 0 aromatic heterocycles. The Morgan fingerprint density at radius 3 is 2.44 bits per heavy atom. The first-order valence-corrected chi connectivity index (χ1v) is 12.7. The summed E-state index contributed by atoms with van der Waals surface area (Å²) < 4.78 is 32.5. The molecule has 1 aliphatic heterocycles. The molecule has 4 rings (SSSR count). The number of nitrogens with one attached hydrogen (secondary N) is 1. The monoisotopic (exact) mass is 468 g/mol. The number of hydrogen-bond donors (Lipinski definition) is 1. The van der Waals surface area contributed by atoms with E-state index in [1.165, 1.54) is 22.0 Å². The highest BCUT2D eigenvalue weighted by atomic mass is 32.2. The summed E-state index contributed by atoms with van der Waals surface area (Å²) in [6.07, 6.45) is 0. The highest BCUT2D eigenvalue weighted by Gasteiger charge is 2.27. The molecule has 0 bridgehead atoms. The van der Waals surface area contributed by atoms with Crippen LogP contribution >= 0.6 is 11.8 Å². The molecule has 0 saturated carbocycles. The van der Waals surface area contributed by atoms with E-state index in [0.29, 0.717) is 37.6 Å². The number of amides is 1. The van der Waals surface area contributed by atoms with Gasteiger partial charge in [0.2, 0.25) is 10.0 Å². The van der Waals surface area contributed by atoms with Gasteiger partial charge in [-0.05, 0) is 35.9 Å². The van der Waals surface area contributed by atoms with Crippen LogP contribution in [0.1, 0.15) is 15.9 Å². The van der Waals surface area contributed by atoms with Crippen LogP contribution in [0.15, 0.2) is 88.7 Å². The van der Waals surface area contributed by atoms with Crippen LogP contribution < -0.4 is 5.32 Å². The number of nitrogens with zero attached hydrogens (tertiary/aromatic N) is 1. The van der Waals surface area contributed by atoms with Crippen molar-refractivity contribution in [3.63, 3.8) is 0 Å². The molecule has 6 nitrogen and oxygen atoms in total. The minimum absolute atomic E-state index is 0.110. The number of rotatable bonds is 7. The second kappa shape index (κ2) is 10.3. The van der Waals surface area contributed by atoms with E-state index in [9.17, 15) is 13.2 Å². The van der Waals surface area contributed by atoms with E-state index >= 15 is 0 Å². The Morgan fingerprint density at radius 1 is 0.938 bits per heavy atom. The van der Waals surface area contributed by atoms with Crippen molar-refractivity contribution in [2.75, 3.05) is 31.6 Å². The van der Waals surface area contributed by atoms with Gasteiger partial charge in [0, 0.05) is 29.3 Å². The van der Waals surface area contributed by atoms with E-state index in [2.05, 4.69) is 17.4 Å². The van der Waals surface area contributed by atoms with Crippen molar-refractivity contribution >= 4 is 33.4 Å². The third kappa shape index (κ3) is 5.39. The van der Waals surface area contributed by atoms with E-state index in [4.69, 9.17) is 4.74 Å². The number of thioether (sulfide) groups is 1. The summed E-state index contributed by atoms with van der Waals surface area (Å²) in [5.74, 6) is 0.429. The standard InChI is InChI=1S/C24H24N2O4S2/c27-24(20-9-6-10-21(17-20)32(28,29)26-13-15-30-16-14-26)25-22-11-4-5-12-23(22)31-18-19-7-2-1-3-8-19/h1-12,17H,13-16,18H2,(H,25,27). The Labute approximate surface area is 192 Å². The van der Waals surface area contributed by atoms with Gasteiger partial charge >= 0.3 is 0 Å². The van der Waals surface area contributed by atoms with E-state index in [1.807, 2.05) is 42.5 Å². The Bertz CT molecular complexity index is 1180. The van der Waals surface area contributed by atoms with Crippen LogP contribution in [0.4, 0.5) is 5.69 Å². The number of benzene rings is 3. The van der Waals surface area contributed by atoms with Gasteiger partial charge in [-0.15, -0.1) is 11.8 Å². The second-order valence-electron chi connectivity index (χ2n) is 7.27. The fourth-order valence-electron chi connectivity index (χ4n) is 3.36. The summed E-state index contributed by atoms with van der Waals surface area (Å²) in [4.78, 5) is 14.0. The van der Waals surface area contributed by atoms with Crippen LogP contribution in [-0.4, -0.2) is 44.9 Å². The van der Waals surface area contributed by atoms with Crippen LogP contribution in [-0.2, 0) is 20.5 Å². The molecule has 8 heteroatoms. The van der Waals surface area contributed by atoms with Gasteiger partial charge in [-0.1, -0.05) is 48.5 Å². The molecule has 1 fully saturated rings. The summed E-state index contributed by atoms with van der Waals surface area (Å²) >= 11 is 1.63. The lowest BCUT2D eigenvalue weighted by atomic mass is 10.2. The van der Waals surface area contributed by atoms with Crippen molar-refractivity contribution in [1.82, 2.24) is 4.31 Å². The number of morpholine rings is 1. The fourth-order valence-corrected chi connectivity index (χ4v) is 5.78. The maximum absolute atomic E-state index is 12.9. The molecule has 1 heterocycles. The number of carbonyl (C=O) groups is 1. The zero-order chi connectivity index (χ0) is 22.4. The lowest BCUT2D eigenvalue weighted by molar-refractivity contribution is 0.0730. The molecule has 0 spiro atoms. The smallest absolute Gasteiger partial charge is 0.255 e. The summed E-state index contributed by atoms with van der Waals surface area (Å²) in [6, 6.07) is 23.9. The summed E-state index contributed by atoms with van der Waals surface area (Å²) in [6.45, 7) is 1.36. The van der Waals surface area contributed by atoms with E-state index < -0.39 is 10.0 Å². The van der Waals surface area contributed by atoms with Crippen LogP contribution in [0.5, 0.6) is 0 Å². The third-order valence-corrected chi connectivity index (χ3v) is 8.12. The minimum atomic E-state index is -3.67. The van der Waals surface area contributed by atoms with Gasteiger partial charge < -0.3 is 10.1 Å². The van der Waals surface area contributed by atoms with Crippen LogP contribution in [0.3, 0.4) is 0 Å². The molecular weight excluding hydrogens is 444 g/mol. The SMILES string of the molecule is O=C(Nc1ccccc1SCc1ccccc1)c1cccc(S(=O)(=O)N2CCOCC2)c1. The molecule has 0 aliphatic carbocycles. The lowest BCUT2D eigenvalue weighted by Gasteiger charge is -2.26. The molecule has 3 aromatic carbocycles. The van der Waals surface area contributed by atoms with Gasteiger partial charge in [0.1, 0.15) is 0 Å². The molecule has 0 radical (unpaired) electrons. The average Bonchev–Trinajstić information content (AvgIpc) is 2.85. The van der Waals surface area contributed by atoms with E-state index in [1.54, 1.807) is 23.9 Å². The summed E-state index contributed by atoms with van der Waals surface area (Å²) in [5.41, 5.74) is 2.18. The highest BCUT2D eigenvalue weighted by Crippen LogP contribution is 2.30. The Balaban J connectivity index is 1.49. The van der Waals surface area contributed by atoms with Crippen molar-refractivity contribution in [2.45, 2.75) is 15.5 Å². The van der Waals surface area contributed by atoms with E-state index in [-0.39, 0.29) is 10.8 Å². The molecule has 1 N–H and O–H groups in total. The maximum Gasteiger partial charge on any atom is 0.255 e. The zero-order valence-corrected chi connectivity index (χ0v) is 19.1. The normalized spacial score (nSPS) is 14.8. The first kappa shape index (κ1) is 22.5. The number of anilines is 1. The predicted molar refractivity (Wildman–Crippen MR) is 126 cm³/mol. The number of sulfonamides is 1. The number of ether oxygens (including phenoxy) is 1. The fraction of sp³-hybridized carbons (Fsp3) is 0.208. The Morgan fingerprint density at radius 2 is 1.66 bits per heavy atom. The molecule has 0 atom stereocenters.